The Morgan fingerprint density at radius 1 is 1.04 bits per heavy atom. The van der Waals surface area contributed by atoms with Gasteiger partial charge in [0, 0.05) is 52.7 Å². The number of carbonyl (C=O) groups is 2. The number of hydrogen-bond acceptors (Lipinski definition) is 5. The van der Waals surface area contributed by atoms with Gasteiger partial charge in [-0.3, -0.25) is 4.79 Å². The number of aromatic nitrogens is 3. The van der Waals surface area contributed by atoms with Crippen molar-refractivity contribution in [1.29, 1.82) is 0 Å². The minimum Gasteiger partial charge on any atom is -0.444 e. The fourth-order valence-electron chi connectivity index (χ4n) is 5.29. The van der Waals surface area contributed by atoms with E-state index in [0.29, 0.717) is 21.5 Å². The SMILES string of the molecule is COCc1nc2c(CNC(=O)OC(C)(C)C)c(-c3cccn4c(C(=O)c5cc(F)c(F)c(F)c5)cc(I)c34)c(C(F)(F)F)cc2n1C. The maximum Gasteiger partial charge on any atom is 0.417 e. The summed E-state index contributed by atoms with van der Waals surface area (Å²) in [5.74, 6) is -5.46. The van der Waals surface area contributed by atoms with Crippen molar-refractivity contribution in [2.75, 3.05) is 7.11 Å². The summed E-state index contributed by atoms with van der Waals surface area (Å²) in [6.45, 7) is 4.48. The summed E-state index contributed by atoms with van der Waals surface area (Å²) in [5.41, 5.74) is -2.39. The van der Waals surface area contributed by atoms with Crippen LogP contribution < -0.4 is 5.32 Å². The first-order chi connectivity index (χ1) is 21.9. The van der Waals surface area contributed by atoms with Crippen LogP contribution in [0.4, 0.5) is 31.1 Å². The molecule has 5 aromatic rings. The van der Waals surface area contributed by atoms with Crippen molar-refractivity contribution in [1.82, 2.24) is 19.3 Å². The van der Waals surface area contributed by atoms with E-state index in [-0.39, 0.29) is 45.5 Å². The zero-order valence-electron chi connectivity index (χ0n) is 25.6. The van der Waals surface area contributed by atoms with E-state index in [0.717, 1.165) is 6.07 Å². The number of carbonyl (C=O) groups excluding carboxylic acids is 2. The number of rotatable bonds is 7. The molecule has 0 aliphatic rings. The van der Waals surface area contributed by atoms with Gasteiger partial charge in [0.1, 0.15) is 18.0 Å². The number of hydrogen-bond donors (Lipinski definition) is 1. The Kier molecular flexibility index (Phi) is 9.09. The van der Waals surface area contributed by atoms with Gasteiger partial charge < -0.3 is 23.8 Å². The smallest absolute Gasteiger partial charge is 0.417 e. The van der Waals surface area contributed by atoms with Gasteiger partial charge in [0.2, 0.25) is 5.78 Å². The van der Waals surface area contributed by atoms with Crippen molar-refractivity contribution < 1.29 is 45.4 Å². The van der Waals surface area contributed by atoms with Crippen LogP contribution in [-0.2, 0) is 35.8 Å². The maximum absolute atomic E-state index is 15.0. The maximum atomic E-state index is 15.0. The monoisotopic (exact) mass is 772 g/mol. The van der Waals surface area contributed by atoms with Crippen molar-refractivity contribution in [2.24, 2.45) is 7.05 Å². The quantitative estimate of drug-likeness (QED) is 0.0787. The number of nitrogens with zero attached hydrogens (tertiary/aromatic N) is 3. The number of fused-ring (bicyclic) bond motifs is 2. The normalized spacial score (nSPS) is 12.3. The van der Waals surface area contributed by atoms with Crippen LogP contribution in [0.5, 0.6) is 0 Å². The highest BCUT2D eigenvalue weighted by atomic mass is 127. The third-order valence-corrected chi connectivity index (χ3v) is 8.07. The summed E-state index contributed by atoms with van der Waals surface area (Å²) in [6.07, 6.45) is -4.36. The van der Waals surface area contributed by atoms with E-state index in [1.54, 1.807) is 27.8 Å². The Morgan fingerprint density at radius 3 is 2.30 bits per heavy atom. The first-order valence-corrected chi connectivity index (χ1v) is 15.0. The molecule has 0 radical (unpaired) electrons. The van der Waals surface area contributed by atoms with Gasteiger partial charge in [0.05, 0.1) is 27.8 Å². The number of ether oxygens (including phenoxy) is 2. The predicted octanol–water partition coefficient (Wildman–Crippen LogP) is 7.94. The summed E-state index contributed by atoms with van der Waals surface area (Å²) in [4.78, 5) is 30.7. The molecule has 0 unspecified atom stereocenters. The molecule has 3 aromatic heterocycles. The molecule has 0 bridgehead atoms. The second kappa shape index (κ2) is 12.5. The van der Waals surface area contributed by atoms with Crippen LogP contribution in [0.15, 0.2) is 42.6 Å². The van der Waals surface area contributed by atoms with Gasteiger partial charge in [0.15, 0.2) is 17.5 Å². The molecular weight excluding hydrogens is 745 g/mol. The molecular formula is C32H27F6IN4O4. The summed E-state index contributed by atoms with van der Waals surface area (Å²) >= 11 is 1.84. The zero-order valence-corrected chi connectivity index (χ0v) is 27.7. The van der Waals surface area contributed by atoms with E-state index in [1.165, 1.54) is 40.5 Å². The molecule has 5 rings (SSSR count). The number of amides is 1. The van der Waals surface area contributed by atoms with Crippen molar-refractivity contribution >= 4 is 51.0 Å². The van der Waals surface area contributed by atoms with Crippen LogP contribution in [0.1, 0.15) is 53.8 Å². The second-order valence-electron chi connectivity index (χ2n) is 11.6. The van der Waals surface area contributed by atoms with E-state index < -0.39 is 58.8 Å². The first-order valence-electron chi connectivity index (χ1n) is 14.0. The molecule has 0 saturated heterocycles. The number of halogens is 7. The minimum atomic E-state index is -4.90. The molecule has 47 heavy (non-hydrogen) atoms. The number of aryl methyl sites for hydroxylation is 1. The van der Waals surface area contributed by atoms with E-state index in [9.17, 15) is 35.9 Å². The lowest BCUT2D eigenvalue weighted by Gasteiger charge is -2.22. The number of nitrogens with one attached hydrogen (secondary N) is 1. The first kappa shape index (κ1) is 34.2. The predicted molar refractivity (Wildman–Crippen MR) is 168 cm³/mol. The van der Waals surface area contributed by atoms with Crippen molar-refractivity contribution in [3.8, 4) is 11.1 Å². The van der Waals surface area contributed by atoms with Crippen LogP contribution in [0, 0.1) is 21.0 Å². The lowest BCUT2D eigenvalue weighted by Crippen LogP contribution is -2.32. The largest absolute Gasteiger partial charge is 0.444 e. The van der Waals surface area contributed by atoms with Crippen molar-refractivity contribution in [3.63, 3.8) is 0 Å². The Labute approximate surface area is 277 Å². The number of ketones is 1. The molecule has 0 aliphatic heterocycles. The third kappa shape index (κ3) is 6.54. The molecule has 0 fully saturated rings. The number of alkyl carbamates (subject to hydrolysis) is 1. The van der Waals surface area contributed by atoms with Crippen LogP contribution in [-0.4, -0.2) is 38.5 Å². The Morgan fingerprint density at radius 2 is 1.70 bits per heavy atom. The molecule has 248 valence electrons. The molecule has 2 aromatic carbocycles. The fraction of sp³-hybridized carbons (Fsp3) is 0.281. The lowest BCUT2D eigenvalue weighted by atomic mass is 9.92. The van der Waals surface area contributed by atoms with Crippen molar-refractivity contribution in [3.05, 3.63) is 91.8 Å². The number of imidazole rings is 1. The van der Waals surface area contributed by atoms with Gasteiger partial charge in [-0.05, 0) is 73.7 Å². The Balaban J connectivity index is 1.80. The number of benzene rings is 2. The van der Waals surface area contributed by atoms with Crippen LogP contribution in [0.3, 0.4) is 0 Å². The molecule has 1 amide bonds. The van der Waals surface area contributed by atoms with Gasteiger partial charge in [-0.15, -0.1) is 0 Å². The molecule has 1 N–H and O–H groups in total. The van der Waals surface area contributed by atoms with Gasteiger partial charge in [-0.1, -0.05) is 6.07 Å². The van der Waals surface area contributed by atoms with E-state index in [4.69, 9.17) is 9.47 Å². The van der Waals surface area contributed by atoms with Crippen molar-refractivity contribution in [2.45, 2.75) is 45.7 Å². The third-order valence-electron chi connectivity index (χ3n) is 7.25. The van der Waals surface area contributed by atoms with Gasteiger partial charge >= 0.3 is 12.3 Å². The standard InChI is InChI=1S/C32H27F6IN4O4/c1-31(2,3)47-30(45)40-13-17-25(18(32(36,37)38)11-22-27(17)41-24(14-46-5)42(22)4)16-7-6-8-43-23(12-21(39)28(16)43)29(44)15-9-19(33)26(35)20(34)10-15/h6-12H,13-14H2,1-5H3,(H,40,45). The summed E-state index contributed by atoms with van der Waals surface area (Å²) < 4.78 is 100. The zero-order chi connectivity index (χ0) is 34.6. The van der Waals surface area contributed by atoms with E-state index in [1.807, 2.05) is 22.6 Å². The summed E-state index contributed by atoms with van der Waals surface area (Å²) in [5, 5.41) is 2.55. The summed E-state index contributed by atoms with van der Waals surface area (Å²) in [6, 6.07) is 6.24. The lowest BCUT2D eigenvalue weighted by molar-refractivity contribution is -0.137. The number of alkyl halides is 3. The van der Waals surface area contributed by atoms with Gasteiger partial charge in [-0.2, -0.15) is 13.2 Å². The van der Waals surface area contributed by atoms with E-state index >= 15 is 0 Å². The minimum absolute atomic E-state index is 0.0109. The average Bonchev–Trinajstić information content (AvgIpc) is 3.48. The molecule has 0 spiro atoms. The fourth-order valence-corrected chi connectivity index (χ4v) is 6.14. The number of pyridine rings is 1. The van der Waals surface area contributed by atoms with Gasteiger partial charge in [-0.25, -0.2) is 22.9 Å². The van der Waals surface area contributed by atoms with Crippen LogP contribution in [0.25, 0.3) is 27.7 Å². The summed E-state index contributed by atoms with van der Waals surface area (Å²) in [7, 11) is 2.96. The molecule has 8 nitrogen and oxygen atoms in total. The molecule has 3 heterocycles. The highest BCUT2D eigenvalue weighted by Gasteiger charge is 2.38. The average molecular weight is 772 g/mol. The van der Waals surface area contributed by atoms with Gasteiger partial charge in [0.25, 0.3) is 0 Å². The Hall–Kier alpha value is -4.12. The molecule has 0 saturated carbocycles. The second-order valence-corrected chi connectivity index (χ2v) is 12.8. The topological polar surface area (TPSA) is 86.9 Å². The molecule has 0 aliphatic carbocycles. The molecule has 0 atom stereocenters. The highest BCUT2D eigenvalue weighted by Crippen LogP contribution is 2.45. The number of methoxy groups -OCH3 is 1. The van der Waals surface area contributed by atoms with Crippen LogP contribution in [0.2, 0.25) is 0 Å². The molecule has 15 heteroatoms. The Bertz CT molecular complexity index is 2040. The van der Waals surface area contributed by atoms with E-state index in [2.05, 4.69) is 10.3 Å². The highest BCUT2D eigenvalue weighted by molar-refractivity contribution is 14.1. The van der Waals surface area contributed by atoms with Crippen LogP contribution >= 0.6 is 22.6 Å².